The maximum Gasteiger partial charge on any atom is 0.187 e. The Kier molecular flexibility index (Phi) is 8.11. The van der Waals surface area contributed by atoms with E-state index in [1.54, 1.807) is 19.4 Å². The number of halogens is 1. The molecule has 26 heavy (non-hydrogen) atoms. The monoisotopic (exact) mass is 433 g/mol. The van der Waals surface area contributed by atoms with Crippen molar-refractivity contribution < 1.29 is 9.47 Å². The fourth-order valence-electron chi connectivity index (χ4n) is 2.05. The molecule has 0 bridgehead atoms. The van der Waals surface area contributed by atoms with Gasteiger partial charge in [-0.25, -0.2) is 0 Å². The van der Waals surface area contributed by atoms with E-state index < -0.39 is 0 Å². The second-order valence-corrected chi connectivity index (χ2v) is 6.49. The number of hydrazone groups is 1. The van der Waals surface area contributed by atoms with Crippen LogP contribution in [0.2, 0.25) is 0 Å². The van der Waals surface area contributed by atoms with Crippen molar-refractivity contribution in [1.82, 2.24) is 10.7 Å². The molecule has 0 heterocycles. The molecule has 2 aromatic rings. The van der Waals surface area contributed by atoms with Crippen molar-refractivity contribution in [2.24, 2.45) is 5.10 Å². The van der Waals surface area contributed by atoms with Crippen molar-refractivity contribution in [3.05, 3.63) is 70.7 Å². The molecule has 0 aliphatic rings. The van der Waals surface area contributed by atoms with Crippen molar-refractivity contribution in [3.63, 3.8) is 0 Å². The van der Waals surface area contributed by atoms with Gasteiger partial charge in [-0.2, -0.15) is 5.10 Å². The number of thiocarbonyl (C=S) groups is 1. The number of nitrogens with one attached hydrogen (secondary N) is 2. The Bertz CT molecular complexity index is 779. The molecule has 136 valence electrons. The first-order valence-electron chi connectivity index (χ1n) is 7.86. The van der Waals surface area contributed by atoms with Crippen molar-refractivity contribution in [2.45, 2.75) is 6.61 Å². The zero-order valence-electron chi connectivity index (χ0n) is 14.4. The van der Waals surface area contributed by atoms with E-state index in [2.05, 4.69) is 38.4 Å². The molecule has 0 unspecified atom stereocenters. The Morgan fingerprint density at radius 2 is 2.04 bits per heavy atom. The Hall–Kier alpha value is -2.38. The maximum absolute atomic E-state index is 5.99. The highest BCUT2D eigenvalue weighted by Crippen LogP contribution is 2.30. The van der Waals surface area contributed by atoms with Gasteiger partial charge in [0.1, 0.15) is 6.61 Å². The molecule has 0 saturated heterocycles. The van der Waals surface area contributed by atoms with Crippen molar-refractivity contribution in [2.75, 3.05) is 13.7 Å². The summed E-state index contributed by atoms with van der Waals surface area (Å²) in [6, 6.07) is 13.6. The number of para-hydroxylation sites is 1. The second-order valence-electron chi connectivity index (χ2n) is 5.16. The van der Waals surface area contributed by atoms with Crippen LogP contribution in [0.1, 0.15) is 11.1 Å². The van der Waals surface area contributed by atoms with E-state index in [9.17, 15) is 0 Å². The summed E-state index contributed by atoms with van der Waals surface area (Å²) < 4.78 is 12.4. The summed E-state index contributed by atoms with van der Waals surface area (Å²) in [5.41, 5.74) is 4.58. The molecule has 0 amide bonds. The molecule has 2 aromatic carbocycles. The summed E-state index contributed by atoms with van der Waals surface area (Å²) in [6.45, 7) is 4.61. The minimum absolute atomic E-state index is 0.418. The number of rotatable bonds is 8. The van der Waals surface area contributed by atoms with Crippen molar-refractivity contribution in [1.29, 1.82) is 0 Å². The number of hydrogen-bond acceptors (Lipinski definition) is 4. The molecule has 0 saturated carbocycles. The number of hydrogen-bond donors (Lipinski definition) is 2. The third-order valence-corrected chi connectivity index (χ3v) is 4.07. The van der Waals surface area contributed by atoms with E-state index in [-0.39, 0.29) is 0 Å². The van der Waals surface area contributed by atoms with Gasteiger partial charge >= 0.3 is 0 Å². The van der Waals surface area contributed by atoms with Crippen molar-refractivity contribution >= 4 is 39.5 Å². The SMILES string of the molecule is C=CCNC(=S)NN=Cc1cccc(OC)c1OCc1ccc(Br)cc1. The summed E-state index contributed by atoms with van der Waals surface area (Å²) in [7, 11) is 1.61. The van der Waals surface area contributed by atoms with Crippen LogP contribution in [0, 0.1) is 0 Å². The fourth-order valence-corrected chi connectivity index (χ4v) is 2.45. The molecule has 2 rings (SSSR count). The average molecular weight is 434 g/mol. The Morgan fingerprint density at radius 3 is 2.73 bits per heavy atom. The van der Waals surface area contributed by atoms with Crippen LogP contribution in [-0.4, -0.2) is 25.0 Å². The molecular formula is C19H20BrN3O2S. The van der Waals surface area contributed by atoms with E-state index >= 15 is 0 Å². The zero-order chi connectivity index (χ0) is 18.8. The summed E-state index contributed by atoms with van der Waals surface area (Å²) in [4.78, 5) is 0. The maximum atomic E-state index is 5.99. The van der Waals surface area contributed by atoms with Crippen LogP contribution >= 0.6 is 28.1 Å². The van der Waals surface area contributed by atoms with Gasteiger partial charge in [0.05, 0.1) is 13.3 Å². The van der Waals surface area contributed by atoms with Gasteiger partial charge < -0.3 is 14.8 Å². The predicted molar refractivity (Wildman–Crippen MR) is 113 cm³/mol. The molecule has 0 aliphatic heterocycles. The molecule has 0 radical (unpaired) electrons. The normalized spacial score (nSPS) is 10.4. The summed E-state index contributed by atoms with van der Waals surface area (Å²) >= 11 is 8.52. The van der Waals surface area contributed by atoms with Crippen LogP contribution in [0.4, 0.5) is 0 Å². The summed E-state index contributed by atoms with van der Waals surface area (Å²) in [6.07, 6.45) is 3.36. The van der Waals surface area contributed by atoms with Gasteiger partial charge in [0, 0.05) is 16.6 Å². The van der Waals surface area contributed by atoms with E-state index in [0.717, 1.165) is 15.6 Å². The third-order valence-electron chi connectivity index (χ3n) is 3.30. The Balaban J connectivity index is 2.09. The second kappa shape index (κ2) is 10.6. The molecule has 0 spiro atoms. The highest BCUT2D eigenvalue weighted by molar-refractivity contribution is 9.10. The number of benzene rings is 2. The lowest BCUT2D eigenvalue weighted by Gasteiger charge is -2.13. The number of nitrogens with zero attached hydrogens (tertiary/aromatic N) is 1. The van der Waals surface area contributed by atoms with Crippen molar-refractivity contribution in [3.8, 4) is 11.5 Å². The first-order chi connectivity index (χ1) is 12.6. The van der Waals surface area contributed by atoms with Gasteiger partial charge in [-0.15, -0.1) is 6.58 Å². The van der Waals surface area contributed by atoms with Gasteiger partial charge in [-0.05, 0) is 42.0 Å². The first-order valence-corrected chi connectivity index (χ1v) is 9.06. The van der Waals surface area contributed by atoms with Gasteiger partial charge in [0.25, 0.3) is 0 Å². The van der Waals surface area contributed by atoms with E-state index in [1.807, 2.05) is 42.5 Å². The highest BCUT2D eigenvalue weighted by Gasteiger charge is 2.09. The average Bonchev–Trinajstić information content (AvgIpc) is 2.66. The molecule has 0 atom stereocenters. The minimum Gasteiger partial charge on any atom is -0.493 e. The lowest BCUT2D eigenvalue weighted by Crippen LogP contribution is -2.31. The lowest BCUT2D eigenvalue weighted by atomic mass is 10.2. The molecule has 0 aliphatic carbocycles. The molecular weight excluding hydrogens is 414 g/mol. The van der Waals surface area contributed by atoms with Gasteiger partial charge in [0.15, 0.2) is 16.6 Å². The zero-order valence-corrected chi connectivity index (χ0v) is 16.8. The first kappa shape index (κ1) is 19.9. The van der Waals surface area contributed by atoms with Crippen LogP contribution in [0.15, 0.2) is 64.7 Å². The molecule has 0 fully saturated rings. The fraction of sp³-hybridized carbons (Fsp3) is 0.158. The van der Waals surface area contributed by atoms with Crippen LogP contribution < -0.4 is 20.2 Å². The Labute approximate surface area is 167 Å². The number of ether oxygens (including phenoxy) is 2. The summed E-state index contributed by atoms with van der Waals surface area (Å²) in [5, 5.41) is 7.50. The van der Waals surface area contributed by atoms with Gasteiger partial charge in [-0.3, -0.25) is 5.43 Å². The van der Waals surface area contributed by atoms with Gasteiger partial charge in [-0.1, -0.05) is 40.2 Å². The predicted octanol–water partition coefficient (Wildman–Crippen LogP) is 4.02. The molecule has 5 nitrogen and oxygen atoms in total. The molecule has 7 heteroatoms. The van der Waals surface area contributed by atoms with E-state index in [4.69, 9.17) is 21.7 Å². The van der Waals surface area contributed by atoms with E-state index in [1.165, 1.54) is 0 Å². The smallest absolute Gasteiger partial charge is 0.187 e. The largest absolute Gasteiger partial charge is 0.493 e. The standard InChI is InChI=1S/C19H20BrN3O2S/c1-3-11-21-19(26)23-22-12-15-5-4-6-17(24-2)18(15)25-13-14-7-9-16(20)10-8-14/h3-10,12H,1,11,13H2,2H3,(H2,21,23,26). The van der Waals surface area contributed by atoms with Gasteiger partial charge in [0.2, 0.25) is 0 Å². The topological polar surface area (TPSA) is 54.9 Å². The number of methoxy groups -OCH3 is 1. The van der Waals surface area contributed by atoms with E-state index in [0.29, 0.717) is 29.8 Å². The highest BCUT2D eigenvalue weighted by atomic mass is 79.9. The molecule has 0 aromatic heterocycles. The quantitative estimate of drug-likeness (QED) is 0.285. The van der Waals surface area contributed by atoms with Crippen LogP contribution in [-0.2, 0) is 6.61 Å². The lowest BCUT2D eigenvalue weighted by molar-refractivity contribution is 0.284. The van der Waals surface area contributed by atoms with Crippen LogP contribution in [0.25, 0.3) is 0 Å². The third kappa shape index (κ3) is 6.16. The summed E-state index contributed by atoms with van der Waals surface area (Å²) in [5.74, 6) is 1.26. The van der Waals surface area contributed by atoms with Crippen LogP contribution in [0.5, 0.6) is 11.5 Å². The van der Waals surface area contributed by atoms with Crippen LogP contribution in [0.3, 0.4) is 0 Å². The Morgan fingerprint density at radius 1 is 1.27 bits per heavy atom. The minimum atomic E-state index is 0.418. The molecule has 2 N–H and O–H groups in total.